The molecule has 2 aromatic rings. The van der Waals surface area contributed by atoms with E-state index < -0.39 is 41.0 Å². The highest BCUT2D eigenvalue weighted by Crippen LogP contribution is 2.50. The molecule has 1 fully saturated rings. The number of imide groups is 1. The molecule has 1 aliphatic rings. The molecule has 7 nitrogen and oxygen atoms in total. The van der Waals surface area contributed by atoms with Gasteiger partial charge in [0.25, 0.3) is 11.5 Å². The predicted molar refractivity (Wildman–Crippen MR) is 123 cm³/mol. The van der Waals surface area contributed by atoms with Crippen LogP contribution >= 0.6 is 0 Å². The average Bonchev–Trinajstić information content (AvgIpc) is 2.95. The van der Waals surface area contributed by atoms with Crippen molar-refractivity contribution in [3.05, 3.63) is 52.7 Å². The maximum Gasteiger partial charge on any atom is 0.430 e. The first kappa shape index (κ1) is 29.2. The Labute approximate surface area is 215 Å². The molecular formula is C25H27F6N3O4. The number of nitrogens with zero attached hydrogens (tertiary/aromatic N) is 3. The fourth-order valence-corrected chi connectivity index (χ4v) is 4.03. The molecule has 1 saturated heterocycles. The molecule has 3 amide bonds. The molecular weight excluding hydrogens is 520 g/mol. The van der Waals surface area contributed by atoms with Gasteiger partial charge in [0.2, 0.25) is 5.88 Å². The Morgan fingerprint density at radius 2 is 1.63 bits per heavy atom. The van der Waals surface area contributed by atoms with E-state index in [2.05, 4.69) is 4.98 Å². The largest absolute Gasteiger partial charge is 0.439 e. The summed E-state index contributed by atoms with van der Waals surface area (Å²) in [6.45, 7) is 6.48. The number of ether oxygens (including phenoxy) is 1. The van der Waals surface area contributed by atoms with E-state index in [0.717, 1.165) is 11.0 Å². The second-order valence-corrected chi connectivity index (χ2v) is 9.62. The summed E-state index contributed by atoms with van der Waals surface area (Å²) >= 11 is 0. The number of carbonyl (C=O) groups excluding carboxylic acids is 2. The van der Waals surface area contributed by atoms with Gasteiger partial charge in [0, 0.05) is 24.9 Å². The van der Waals surface area contributed by atoms with Crippen LogP contribution in [0.1, 0.15) is 49.4 Å². The van der Waals surface area contributed by atoms with E-state index in [9.17, 15) is 41.0 Å². The second-order valence-electron chi connectivity index (χ2n) is 9.62. The van der Waals surface area contributed by atoms with Crippen molar-refractivity contribution >= 4 is 11.9 Å². The maximum atomic E-state index is 13.4. The number of alkyl halides is 6. The topological polar surface area (TPSA) is 83.0 Å². The van der Waals surface area contributed by atoms with Crippen molar-refractivity contribution in [2.24, 2.45) is 0 Å². The molecule has 208 valence electrons. The normalized spacial score (nSPS) is 16.4. The molecule has 1 N–H and O–H groups in total. The first-order valence-electron chi connectivity index (χ1n) is 11.6. The number of rotatable bonds is 7. The lowest BCUT2D eigenvalue weighted by Gasteiger charge is -2.33. The van der Waals surface area contributed by atoms with Gasteiger partial charge in [-0.25, -0.2) is 9.78 Å². The maximum absolute atomic E-state index is 13.4. The molecule has 1 aromatic carbocycles. The number of aliphatic hydroxyl groups is 1. The smallest absolute Gasteiger partial charge is 0.430 e. The Balaban J connectivity index is 1.97. The molecule has 0 aliphatic carbocycles. The molecule has 0 bridgehead atoms. The van der Waals surface area contributed by atoms with E-state index in [1.54, 1.807) is 27.7 Å². The molecule has 0 unspecified atom stereocenters. The molecule has 0 atom stereocenters. The number of hydrogen-bond donors (Lipinski definition) is 1. The number of halogens is 6. The van der Waals surface area contributed by atoms with Gasteiger partial charge >= 0.3 is 18.4 Å². The highest BCUT2D eigenvalue weighted by Gasteiger charge is 2.71. The minimum Gasteiger partial charge on any atom is -0.439 e. The van der Waals surface area contributed by atoms with Crippen molar-refractivity contribution in [2.75, 3.05) is 7.05 Å². The summed E-state index contributed by atoms with van der Waals surface area (Å²) in [5, 5.41) is 9.76. The quantitative estimate of drug-likeness (QED) is 0.360. The van der Waals surface area contributed by atoms with E-state index in [4.69, 9.17) is 4.74 Å². The van der Waals surface area contributed by atoms with Crippen LogP contribution in [-0.4, -0.2) is 56.8 Å². The minimum atomic E-state index is -6.02. The van der Waals surface area contributed by atoms with Crippen molar-refractivity contribution in [3.8, 4) is 11.6 Å². The molecule has 0 spiro atoms. The third-order valence-electron chi connectivity index (χ3n) is 6.68. The van der Waals surface area contributed by atoms with Crippen molar-refractivity contribution < 1.29 is 45.8 Å². The van der Waals surface area contributed by atoms with Gasteiger partial charge in [0.1, 0.15) is 11.3 Å². The molecule has 1 aliphatic heterocycles. The zero-order chi connectivity index (χ0) is 28.8. The Bertz CT molecular complexity index is 1230. The number of amides is 3. The van der Waals surface area contributed by atoms with E-state index in [1.165, 1.54) is 24.2 Å². The van der Waals surface area contributed by atoms with Crippen LogP contribution < -0.4 is 4.74 Å². The molecule has 1 aromatic heterocycles. The van der Waals surface area contributed by atoms with Crippen molar-refractivity contribution in [1.82, 2.24) is 14.8 Å². The van der Waals surface area contributed by atoms with Crippen LogP contribution in [0, 0.1) is 6.92 Å². The zero-order valence-electron chi connectivity index (χ0n) is 21.3. The predicted octanol–water partition coefficient (Wildman–Crippen LogP) is 5.62. The lowest BCUT2D eigenvalue weighted by atomic mass is 9.90. The number of carbonyl (C=O) groups is 2. The third-order valence-corrected chi connectivity index (χ3v) is 6.68. The van der Waals surface area contributed by atoms with Gasteiger partial charge in [-0.1, -0.05) is 19.4 Å². The Kier molecular flexibility index (Phi) is 7.50. The fourth-order valence-electron chi connectivity index (χ4n) is 4.03. The van der Waals surface area contributed by atoms with Crippen molar-refractivity contribution in [2.45, 2.75) is 70.6 Å². The fraction of sp³-hybridized carbons (Fsp3) is 0.480. The molecule has 0 saturated carbocycles. The summed E-state index contributed by atoms with van der Waals surface area (Å²) in [5.41, 5.74) is -6.37. The molecule has 13 heteroatoms. The van der Waals surface area contributed by atoms with Gasteiger partial charge in [0.05, 0.1) is 6.54 Å². The number of benzene rings is 1. The highest BCUT2D eigenvalue weighted by atomic mass is 19.4. The summed E-state index contributed by atoms with van der Waals surface area (Å²) in [7, 11) is 1.51. The van der Waals surface area contributed by atoms with E-state index in [1.807, 2.05) is 0 Å². The summed E-state index contributed by atoms with van der Waals surface area (Å²) < 4.78 is 85.9. The SMILES string of the molecule is CCCc1cc(C(O)(C(F)(F)F)C(F)(F)F)ccc1Oc1cc(CN2C(=O)N(C)C(C)(C)C2=O)c(C)cn1. The molecule has 38 heavy (non-hydrogen) atoms. The minimum absolute atomic E-state index is 0.00544. The van der Waals surface area contributed by atoms with Crippen LogP contribution in [0.3, 0.4) is 0 Å². The molecule has 3 rings (SSSR count). The Hall–Kier alpha value is -3.35. The van der Waals surface area contributed by atoms with Crippen LogP contribution in [0.5, 0.6) is 11.6 Å². The molecule has 0 radical (unpaired) electrons. The van der Waals surface area contributed by atoms with Crippen LogP contribution in [0.4, 0.5) is 31.1 Å². The second kappa shape index (κ2) is 9.75. The van der Waals surface area contributed by atoms with E-state index in [-0.39, 0.29) is 30.2 Å². The van der Waals surface area contributed by atoms with Crippen LogP contribution in [0.25, 0.3) is 0 Å². The molecule has 2 heterocycles. The highest BCUT2D eigenvalue weighted by molar-refractivity contribution is 6.06. The summed E-state index contributed by atoms with van der Waals surface area (Å²) in [6.07, 6.45) is -10.2. The number of hydrogen-bond acceptors (Lipinski definition) is 5. The van der Waals surface area contributed by atoms with E-state index >= 15 is 0 Å². The van der Waals surface area contributed by atoms with Gasteiger partial charge in [-0.3, -0.25) is 9.69 Å². The lowest BCUT2D eigenvalue weighted by Crippen LogP contribution is -2.53. The number of urea groups is 1. The number of likely N-dealkylation sites (N-methyl/N-ethyl adjacent to an activating group) is 1. The first-order valence-corrected chi connectivity index (χ1v) is 11.6. The summed E-state index contributed by atoms with van der Waals surface area (Å²) in [6, 6.07) is 2.97. The third kappa shape index (κ3) is 4.91. The van der Waals surface area contributed by atoms with Gasteiger partial charge in [-0.15, -0.1) is 0 Å². The number of aryl methyl sites for hydroxylation is 2. The van der Waals surface area contributed by atoms with Gasteiger partial charge in [-0.05, 0) is 56.0 Å². The summed E-state index contributed by atoms with van der Waals surface area (Å²) in [4.78, 5) is 31.8. The Morgan fingerprint density at radius 1 is 1.03 bits per heavy atom. The van der Waals surface area contributed by atoms with Gasteiger partial charge in [-0.2, -0.15) is 26.3 Å². The summed E-state index contributed by atoms with van der Waals surface area (Å²) in [5.74, 6) is -0.519. The van der Waals surface area contributed by atoms with Crippen molar-refractivity contribution in [1.29, 1.82) is 0 Å². The first-order chi connectivity index (χ1) is 17.4. The van der Waals surface area contributed by atoms with Crippen molar-refractivity contribution in [3.63, 3.8) is 0 Å². The Morgan fingerprint density at radius 3 is 2.13 bits per heavy atom. The zero-order valence-corrected chi connectivity index (χ0v) is 21.3. The number of aromatic nitrogens is 1. The van der Waals surface area contributed by atoms with Crippen LogP contribution in [0.2, 0.25) is 0 Å². The average molecular weight is 547 g/mol. The van der Waals surface area contributed by atoms with Crippen LogP contribution in [0.15, 0.2) is 30.5 Å². The standard InChI is InChI=1S/C25H27F6N3O4/c1-6-7-15-10-17(23(37,24(26,27)28)25(29,30)31)8-9-18(15)38-19-11-16(14(2)12-32-19)13-34-20(35)22(3,4)33(5)21(34)36/h8-12,37H,6-7,13H2,1-5H3. The lowest BCUT2D eigenvalue weighted by molar-refractivity contribution is -0.376. The monoisotopic (exact) mass is 547 g/mol. The van der Waals surface area contributed by atoms with Crippen LogP contribution in [-0.2, 0) is 23.4 Å². The van der Waals surface area contributed by atoms with Gasteiger partial charge in [0.15, 0.2) is 0 Å². The van der Waals surface area contributed by atoms with Gasteiger partial charge < -0.3 is 14.7 Å². The number of pyridine rings is 1. The van der Waals surface area contributed by atoms with E-state index in [0.29, 0.717) is 29.7 Å².